The lowest BCUT2D eigenvalue weighted by atomic mass is 10.1. The standard InChI is InChI=1S/C14H22N2O3/c1-16(2)10-14(17)15-8-7-11-5-6-12(18-3)13(9-11)19-4/h5-6,9H,7-8,10H2,1-4H3,(H,15,17). The van der Waals surface area contributed by atoms with Gasteiger partial charge in [0.1, 0.15) is 0 Å². The third-order valence-corrected chi connectivity index (χ3v) is 2.64. The van der Waals surface area contributed by atoms with Crippen LogP contribution in [0.1, 0.15) is 5.56 Å². The average molecular weight is 266 g/mol. The van der Waals surface area contributed by atoms with Gasteiger partial charge >= 0.3 is 0 Å². The number of carbonyl (C=O) groups is 1. The first-order chi connectivity index (χ1) is 9.06. The Morgan fingerprint density at radius 1 is 1.21 bits per heavy atom. The molecule has 0 aliphatic rings. The molecule has 1 rings (SSSR count). The van der Waals surface area contributed by atoms with Crippen LogP contribution in [0.15, 0.2) is 18.2 Å². The summed E-state index contributed by atoms with van der Waals surface area (Å²) in [4.78, 5) is 13.3. The van der Waals surface area contributed by atoms with Crippen LogP contribution < -0.4 is 14.8 Å². The van der Waals surface area contributed by atoms with E-state index < -0.39 is 0 Å². The predicted molar refractivity (Wildman–Crippen MR) is 74.8 cm³/mol. The van der Waals surface area contributed by atoms with Gasteiger partial charge in [-0.05, 0) is 38.2 Å². The van der Waals surface area contributed by atoms with Crippen LogP contribution in [0.5, 0.6) is 11.5 Å². The fourth-order valence-electron chi connectivity index (χ4n) is 1.73. The van der Waals surface area contributed by atoms with Gasteiger partial charge in [0.2, 0.25) is 5.91 Å². The van der Waals surface area contributed by atoms with Crippen molar-refractivity contribution >= 4 is 5.91 Å². The third-order valence-electron chi connectivity index (χ3n) is 2.64. The second-order valence-corrected chi connectivity index (χ2v) is 4.53. The van der Waals surface area contributed by atoms with Gasteiger partial charge in [0, 0.05) is 6.54 Å². The van der Waals surface area contributed by atoms with E-state index in [-0.39, 0.29) is 5.91 Å². The Morgan fingerprint density at radius 3 is 2.47 bits per heavy atom. The van der Waals surface area contributed by atoms with Crippen molar-refractivity contribution in [2.75, 3.05) is 41.4 Å². The summed E-state index contributed by atoms with van der Waals surface area (Å²) in [5.41, 5.74) is 1.10. The van der Waals surface area contributed by atoms with E-state index in [4.69, 9.17) is 9.47 Å². The summed E-state index contributed by atoms with van der Waals surface area (Å²) in [5, 5.41) is 2.88. The maximum atomic E-state index is 11.5. The van der Waals surface area contributed by atoms with Gasteiger partial charge in [-0.3, -0.25) is 4.79 Å². The number of amides is 1. The summed E-state index contributed by atoms with van der Waals surface area (Å²) in [5.74, 6) is 1.45. The summed E-state index contributed by atoms with van der Waals surface area (Å²) < 4.78 is 10.4. The Kier molecular flexibility index (Phi) is 6.15. The summed E-state index contributed by atoms with van der Waals surface area (Å²) in [7, 11) is 6.96. The Balaban J connectivity index is 2.47. The van der Waals surface area contributed by atoms with Crippen molar-refractivity contribution in [1.82, 2.24) is 10.2 Å². The van der Waals surface area contributed by atoms with Gasteiger partial charge in [0.15, 0.2) is 11.5 Å². The summed E-state index contributed by atoms with van der Waals surface area (Å²) in [6, 6.07) is 5.77. The lowest BCUT2D eigenvalue weighted by molar-refractivity contribution is -0.121. The monoisotopic (exact) mass is 266 g/mol. The van der Waals surface area contributed by atoms with E-state index in [9.17, 15) is 4.79 Å². The molecule has 0 fully saturated rings. The van der Waals surface area contributed by atoms with E-state index in [1.54, 1.807) is 14.2 Å². The van der Waals surface area contributed by atoms with Crippen molar-refractivity contribution in [3.63, 3.8) is 0 Å². The first-order valence-corrected chi connectivity index (χ1v) is 6.19. The van der Waals surface area contributed by atoms with Crippen molar-refractivity contribution < 1.29 is 14.3 Å². The molecular weight excluding hydrogens is 244 g/mol. The highest BCUT2D eigenvalue weighted by atomic mass is 16.5. The van der Waals surface area contributed by atoms with E-state index in [0.29, 0.717) is 24.6 Å². The number of rotatable bonds is 7. The Morgan fingerprint density at radius 2 is 1.89 bits per heavy atom. The highest BCUT2D eigenvalue weighted by Crippen LogP contribution is 2.27. The molecule has 0 heterocycles. The zero-order chi connectivity index (χ0) is 14.3. The molecule has 0 bridgehead atoms. The van der Waals surface area contributed by atoms with Crippen LogP contribution in [0.2, 0.25) is 0 Å². The fraction of sp³-hybridized carbons (Fsp3) is 0.500. The first kappa shape index (κ1) is 15.3. The van der Waals surface area contributed by atoms with E-state index in [1.165, 1.54) is 0 Å². The third kappa shape index (κ3) is 5.18. The first-order valence-electron chi connectivity index (χ1n) is 6.19. The van der Waals surface area contributed by atoms with Crippen LogP contribution >= 0.6 is 0 Å². The maximum Gasteiger partial charge on any atom is 0.234 e. The summed E-state index contributed by atoms with van der Waals surface area (Å²) in [6.07, 6.45) is 0.763. The molecule has 5 heteroatoms. The molecule has 0 unspecified atom stereocenters. The lowest BCUT2D eigenvalue weighted by Crippen LogP contribution is -2.34. The molecule has 0 aliphatic heterocycles. The van der Waals surface area contributed by atoms with E-state index in [0.717, 1.165) is 12.0 Å². The number of nitrogens with zero attached hydrogens (tertiary/aromatic N) is 1. The van der Waals surface area contributed by atoms with Gasteiger partial charge in [-0.1, -0.05) is 6.07 Å². The molecule has 1 aromatic rings. The van der Waals surface area contributed by atoms with Gasteiger partial charge in [-0.25, -0.2) is 0 Å². The quantitative estimate of drug-likeness (QED) is 0.797. The minimum absolute atomic E-state index is 0.0328. The number of nitrogens with one attached hydrogen (secondary N) is 1. The maximum absolute atomic E-state index is 11.5. The smallest absolute Gasteiger partial charge is 0.234 e. The Hall–Kier alpha value is -1.75. The molecular formula is C14H22N2O3. The topological polar surface area (TPSA) is 50.8 Å². The lowest BCUT2D eigenvalue weighted by Gasteiger charge is -2.11. The number of hydrogen-bond donors (Lipinski definition) is 1. The van der Waals surface area contributed by atoms with Gasteiger partial charge in [0.05, 0.1) is 20.8 Å². The molecule has 1 N–H and O–H groups in total. The molecule has 106 valence electrons. The fourth-order valence-corrected chi connectivity index (χ4v) is 1.73. The normalized spacial score (nSPS) is 10.4. The molecule has 0 aromatic heterocycles. The van der Waals surface area contributed by atoms with E-state index in [1.807, 2.05) is 37.2 Å². The second kappa shape index (κ2) is 7.63. The van der Waals surface area contributed by atoms with Crippen molar-refractivity contribution in [1.29, 1.82) is 0 Å². The number of hydrogen-bond acceptors (Lipinski definition) is 4. The van der Waals surface area contributed by atoms with Crippen molar-refractivity contribution in [3.8, 4) is 11.5 Å². The number of likely N-dealkylation sites (N-methyl/N-ethyl adjacent to an activating group) is 1. The highest BCUT2D eigenvalue weighted by molar-refractivity contribution is 5.77. The number of benzene rings is 1. The minimum Gasteiger partial charge on any atom is -0.493 e. The van der Waals surface area contributed by atoms with Gasteiger partial charge in [0.25, 0.3) is 0 Å². The molecule has 0 saturated carbocycles. The molecule has 5 nitrogen and oxygen atoms in total. The SMILES string of the molecule is COc1ccc(CCNC(=O)CN(C)C)cc1OC. The van der Waals surface area contributed by atoms with E-state index in [2.05, 4.69) is 5.32 Å². The van der Waals surface area contributed by atoms with Gasteiger partial charge in [-0.2, -0.15) is 0 Å². The molecule has 0 atom stereocenters. The average Bonchev–Trinajstić information content (AvgIpc) is 2.37. The van der Waals surface area contributed by atoms with Crippen LogP contribution in [0, 0.1) is 0 Å². The number of carbonyl (C=O) groups excluding carboxylic acids is 1. The van der Waals surface area contributed by atoms with Crippen LogP contribution in [-0.4, -0.2) is 52.2 Å². The van der Waals surface area contributed by atoms with Crippen LogP contribution in [0.3, 0.4) is 0 Å². The summed E-state index contributed by atoms with van der Waals surface area (Å²) in [6.45, 7) is 1.02. The largest absolute Gasteiger partial charge is 0.493 e. The molecule has 0 spiro atoms. The zero-order valence-electron chi connectivity index (χ0n) is 12.0. The van der Waals surface area contributed by atoms with Crippen molar-refractivity contribution in [2.24, 2.45) is 0 Å². The second-order valence-electron chi connectivity index (χ2n) is 4.53. The Bertz CT molecular complexity index is 419. The van der Waals surface area contributed by atoms with Gasteiger partial charge < -0.3 is 19.7 Å². The molecule has 0 radical (unpaired) electrons. The highest BCUT2D eigenvalue weighted by Gasteiger charge is 2.05. The Labute approximate surface area is 114 Å². The molecule has 1 aromatic carbocycles. The van der Waals surface area contributed by atoms with Crippen molar-refractivity contribution in [2.45, 2.75) is 6.42 Å². The molecule has 0 saturated heterocycles. The molecule has 1 amide bonds. The number of ether oxygens (including phenoxy) is 2. The van der Waals surface area contributed by atoms with Crippen LogP contribution in [0.25, 0.3) is 0 Å². The minimum atomic E-state index is 0.0328. The molecule has 0 aliphatic carbocycles. The van der Waals surface area contributed by atoms with Crippen molar-refractivity contribution in [3.05, 3.63) is 23.8 Å². The summed E-state index contributed by atoms with van der Waals surface area (Å²) >= 11 is 0. The molecule has 19 heavy (non-hydrogen) atoms. The predicted octanol–water partition coefficient (Wildman–Crippen LogP) is 0.924. The van der Waals surface area contributed by atoms with Crippen LogP contribution in [-0.2, 0) is 11.2 Å². The van der Waals surface area contributed by atoms with Gasteiger partial charge in [-0.15, -0.1) is 0 Å². The number of methoxy groups -OCH3 is 2. The van der Waals surface area contributed by atoms with Crippen LogP contribution in [0.4, 0.5) is 0 Å². The zero-order valence-corrected chi connectivity index (χ0v) is 12.0. The van der Waals surface area contributed by atoms with E-state index >= 15 is 0 Å².